The van der Waals surface area contributed by atoms with Crippen LogP contribution in [-0.2, 0) is 6.54 Å². The van der Waals surface area contributed by atoms with Crippen LogP contribution in [0.3, 0.4) is 0 Å². The second kappa shape index (κ2) is 5.18. The van der Waals surface area contributed by atoms with Crippen LogP contribution >= 0.6 is 15.9 Å². The van der Waals surface area contributed by atoms with Crippen LogP contribution in [-0.4, -0.2) is 16.1 Å². The van der Waals surface area contributed by atoms with Crippen molar-refractivity contribution in [2.24, 2.45) is 0 Å². The van der Waals surface area contributed by atoms with Crippen molar-refractivity contribution < 1.29 is 4.39 Å². The lowest BCUT2D eigenvalue weighted by Crippen LogP contribution is -2.10. The van der Waals surface area contributed by atoms with Gasteiger partial charge in [-0.05, 0) is 22.0 Å². The summed E-state index contributed by atoms with van der Waals surface area (Å²) in [6, 6.07) is 2.93. The van der Waals surface area contributed by atoms with E-state index in [2.05, 4.69) is 26.2 Å². The van der Waals surface area contributed by atoms with Gasteiger partial charge < -0.3 is 15.6 Å². The summed E-state index contributed by atoms with van der Waals surface area (Å²) in [5.74, 6) is -0.329. The molecule has 0 unspecified atom stereocenters. The highest BCUT2D eigenvalue weighted by Crippen LogP contribution is 2.26. The third kappa shape index (κ3) is 2.97. The molecule has 2 aromatic rings. The first-order valence-electron chi connectivity index (χ1n) is 5.11. The number of nitrogens with one attached hydrogen (secondary N) is 1. The number of hydrogen-bond donors (Lipinski definition) is 2. The molecule has 0 bridgehead atoms. The molecule has 0 aliphatic carbocycles. The maximum atomic E-state index is 13.3. The molecule has 0 fully saturated rings. The van der Waals surface area contributed by atoms with E-state index >= 15 is 0 Å². The largest absolute Gasteiger partial charge is 0.397 e. The molecule has 1 aromatic carbocycles. The number of hydrogen-bond acceptors (Lipinski definition) is 3. The predicted octanol–water partition coefficient (Wildman–Crippen LogP) is 2.48. The van der Waals surface area contributed by atoms with Crippen LogP contribution in [0.25, 0.3) is 0 Å². The topological polar surface area (TPSA) is 55.9 Å². The molecule has 4 nitrogen and oxygen atoms in total. The van der Waals surface area contributed by atoms with Gasteiger partial charge in [-0.1, -0.05) is 0 Å². The summed E-state index contributed by atoms with van der Waals surface area (Å²) in [4.78, 5) is 3.94. The maximum Gasteiger partial charge on any atom is 0.139 e. The fraction of sp³-hybridized carbons (Fsp3) is 0.182. The van der Waals surface area contributed by atoms with Crippen molar-refractivity contribution in [1.29, 1.82) is 0 Å². The molecule has 17 heavy (non-hydrogen) atoms. The van der Waals surface area contributed by atoms with Crippen molar-refractivity contribution in [2.75, 3.05) is 17.6 Å². The van der Waals surface area contributed by atoms with Crippen molar-refractivity contribution in [1.82, 2.24) is 9.55 Å². The summed E-state index contributed by atoms with van der Waals surface area (Å²) in [6.07, 6.45) is 5.31. The number of anilines is 2. The summed E-state index contributed by atoms with van der Waals surface area (Å²) in [6.45, 7) is 1.40. The molecule has 0 saturated carbocycles. The molecule has 1 heterocycles. The second-order valence-corrected chi connectivity index (χ2v) is 4.44. The minimum absolute atomic E-state index is 0.329. The Kier molecular flexibility index (Phi) is 3.63. The molecule has 0 saturated heterocycles. The Balaban J connectivity index is 1.97. The number of nitrogens with two attached hydrogens (primary N) is 1. The third-order valence-electron chi connectivity index (χ3n) is 2.34. The third-order valence-corrected chi connectivity index (χ3v) is 2.94. The molecule has 0 spiro atoms. The average molecular weight is 299 g/mol. The summed E-state index contributed by atoms with van der Waals surface area (Å²) < 4.78 is 15.6. The predicted molar refractivity (Wildman–Crippen MR) is 69.2 cm³/mol. The standard InChI is InChI=1S/C11H12BrFN4/c12-8-5-10(14)11(6-9(8)13)16-2-4-17-3-1-15-7-17/h1,3,5-7,16H,2,4,14H2. The smallest absolute Gasteiger partial charge is 0.139 e. The Morgan fingerprint density at radius 2 is 2.29 bits per heavy atom. The monoisotopic (exact) mass is 298 g/mol. The Morgan fingerprint density at radius 3 is 3.00 bits per heavy atom. The van der Waals surface area contributed by atoms with E-state index in [0.717, 1.165) is 6.54 Å². The number of benzene rings is 1. The number of nitrogens with zero attached hydrogens (tertiary/aromatic N) is 2. The van der Waals surface area contributed by atoms with Crippen LogP contribution in [0, 0.1) is 5.82 Å². The van der Waals surface area contributed by atoms with Crippen LogP contribution in [0.1, 0.15) is 0 Å². The van der Waals surface area contributed by atoms with Gasteiger partial charge in [-0.25, -0.2) is 9.37 Å². The molecular formula is C11H12BrFN4. The zero-order valence-electron chi connectivity index (χ0n) is 9.03. The fourth-order valence-electron chi connectivity index (χ4n) is 1.45. The summed E-state index contributed by atoms with van der Waals surface area (Å²) >= 11 is 3.08. The first kappa shape index (κ1) is 11.9. The van der Waals surface area contributed by atoms with Crippen molar-refractivity contribution in [3.8, 4) is 0 Å². The van der Waals surface area contributed by atoms with Crippen LogP contribution in [0.4, 0.5) is 15.8 Å². The lowest BCUT2D eigenvalue weighted by molar-refractivity contribution is 0.621. The first-order chi connectivity index (χ1) is 8.16. The van der Waals surface area contributed by atoms with Crippen molar-refractivity contribution >= 4 is 27.3 Å². The van der Waals surface area contributed by atoms with Gasteiger partial charge >= 0.3 is 0 Å². The van der Waals surface area contributed by atoms with Gasteiger partial charge in [0.15, 0.2) is 0 Å². The Bertz CT molecular complexity index is 498. The van der Waals surface area contributed by atoms with Crippen LogP contribution in [0.15, 0.2) is 35.3 Å². The lowest BCUT2D eigenvalue weighted by Gasteiger charge is -2.10. The van der Waals surface area contributed by atoms with Crippen LogP contribution in [0.2, 0.25) is 0 Å². The van der Waals surface area contributed by atoms with E-state index in [4.69, 9.17) is 5.73 Å². The quantitative estimate of drug-likeness (QED) is 0.853. The molecule has 6 heteroatoms. The second-order valence-electron chi connectivity index (χ2n) is 3.58. The highest BCUT2D eigenvalue weighted by molar-refractivity contribution is 9.10. The number of imidazole rings is 1. The molecule has 1 aromatic heterocycles. The van der Waals surface area contributed by atoms with Gasteiger partial charge in [0, 0.05) is 31.5 Å². The number of rotatable bonds is 4. The molecule has 3 N–H and O–H groups in total. The van der Waals surface area contributed by atoms with Crippen LogP contribution in [0.5, 0.6) is 0 Å². The van der Waals surface area contributed by atoms with Crippen molar-refractivity contribution in [2.45, 2.75) is 6.54 Å². The van der Waals surface area contributed by atoms with E-state index in [1.54, 1.807) is 18.6 Å². The van der Waals surface area contributed by atoms with Gasteiger partial charge in [-0.3, -0.25) is 0 Å². The van der Waals surface area contributed by atoms with Gasteiger partial charge in [-0.15, -0.1) is 0 Å². The van der Waals surface area contributed by atoms with Gasteiger partial charge in [0.1, 0.15) is 5.82 Å². The Hall–Kier alpha value is -1.56. The molecule has 0 aliphatic rings. The number of aromatic nitrogens is 2. The molecule has 0 atom stereocenters. The molecule has 90 valence electrons. The van der Waals surface area contributed by atoms with Gasteiger partial charge in [0.2, 0.25) is 0 Å². The SMILES string of the molecule is Nc1cc(Br)c(F)cc1NCCn1ccnc1. The van der Waals surface area contributed by atoms with E-state index in [1.165, 1.54) is 6.07 Å². The first-order valence-corrected chi connectivity index (χ1v) is 5.90. The zero-order chi connectivity index (χ0) is 12.3. The summed E-state index contributed by atoms with van der Waals surface area (Å²) in [5.41, 5.74) is 6.89. The van der Waals surface area contributed by atoms with Crippen molar-refractivity contribution in [3.63, 3.8) is 0 Å². The van der Waals surface area contributed by atoms with Gasteiger partial charge in [0.05, 0.1) is 22.2 Å². The Labute approximate surface area is 107 Å². The summed E-state index contributed by atoms with van der Waals surface area (Å²) in [5, 5.41) is 3.08. The van der Waals surface area contributed by atoms with Gasteiger partial charge in [-0.2, -0.15) is 0 Å². The molecular weight excluding hydrogens is 287 g/mol. The van der Waals surface area contributed by atoms with E-state index in [-0.39, 0.29) is 5.82 Å². The highest BCUT2D eigenvalue weighted by Gasteiger charge is 2.05. The van der Waals surface area contributed by atoms with Gasteiger partial charge in [0.25, 0.3) is 0 Å². The fourth-order valence-corrected chi connectivity index (χ4v) is 1.82. The minimum Gasteiger partial charge on any atom is -0.397 e. The van der Waals surface area contributed by atoms with Crippen molar-refractivity contribution in [3.05, 3.63) is 41.1 Å². The van der Waals surface area contributed by atoms with E-state index in [0.29, 0.717) is 22.4 Å². The lowest BCUT2D eigenvalue weighted by atomic mass is 10.2. The van der Waals surface area contributed by atoms with E-state index in [9.17, 15) is 4.39 Å². The number of nitrogen functional groups attached to an aromatic ring is 1. The zero-order valence-corrected chi connectivity index (χ0v) is 10.6. The minimum atomic E-state index is -0.329. The van der Waals surface area contributed by atoms with Crippen LogP contribution < -0.4 is 11.1 Å². The Morgan fingerprint density at radius 1 is 1.47 bits per heavy atom. The molecule has 0 amide bonds. The molecule has 2 rings (SSSR count). The average Bonchev–Trinajstić information content (AvgIpc) is 2.78. The molecule has 0 radical (unpaired) electrons. The van der Waals surface area contributed by atoms with E-state index < -0.39 is 0 Å². The molecule has 0 aliphatic heterocycles. The normalized spacial score (nSPS) is 10.5. The highest BCUT2D eigenvalue weighted by atomic mass is 79.9. The summed E-state index contributed by atoms with van der Waals surface area (Å²) in [7, 11) is 0. The maximum absolute atomic E-state index is 13.3. The number of halogens is 2. The van der Waals surface area contributed by atoms with E-state index in [1.807, 2.05) is 10.8 Å².